The summed E-state index contributed by atoms with van der Waals surface area (Å²) in [4.78, 5) is 37.2. The first kappa shape index (κ1) is 21.6. The van der Waals surface area contributed by atoms with Crippen molar-refractivity contribution in [3.8, 4) is 11.5 Å². The van der Waals surface area contributed by atoms with Crippen LogP contribution >= 0.6 is 0 Å². The summed E-state index contributed by atoms with van der Waals surface area (Å²) in [5, 5.41) is 3.27. The van der Waals surface area contributed by atoms with Gasteiger partial charge in [0.2, 0.25) is 0 Å². The van der Waals surface area contributed by atoms with Gasteiger partial charge >= 0.3 is 11.9 Å². The molecule has 0 saturated heterocycles. The smallest absolute Gasteiger partial charge is 0.336 e. The van der Waals surface area contributed by atoms with Crippen LogP contribution in [0.2, 0.25) is 0 Å². The topological polar surface area (TPSA) is 90.9 Å². The number of carbonyl (C=O) groups is 3. The molecule has 0 fully saturated rings. The highest BCUT2D eigenvalue weighted by atomic mass is 16.6. The Morgan fingerprint density at radius 2 is 1.83 bits per heavy atom. The molecule has 160 valence electrons. The molecule has 1 N–H and O–H groups in total. The van der Waals surface area contributed by atoms with Gasteiger partial charge in [-0.1, -0.05) is 19.9 Å². The maximum atomic E-state index is 13.2. The van der Waals surface area contributed by atoms with Crippen LogP contribution in [0.3, 0.4) is 0 Å². The molecule has 1 heterocycles. The average molecular weight is 413 g/mol. The van der Waals surface area contributed by atoms with Crippen molar-refractivity contribution in [2.45, 2.75) is 46.5 Å². The molecule has 0 amide bonds. The van der Waals surface area contributed by atoms with Crippen molar-refractivity contribution in [1.29, 1.82) is 0 Å². The van der Waals surface area contributed by atoms with Crippen LogP contribution in [0.25, 0.3) is 0 Å². The maximum Gasteiger partial charge on any atom is 0.336 e. The van der Waals surface area contributed by atoms with Crippen molar-refractivity contribution in [3.63, 3.8) is 0 Å². The van der Waals surface area contributed by atoms with Crippen molar-refractivity contribution in [2.24, 2.45) is 5.41 Å². The standard InChI is InChI=1S/C23H27NO6/c1-12-19(22(27)29-6)20(21-15(24-12)10-23(3,4)11-16(21)26)14-7-8-17(30-13(2)25)18(9-14)28-5/h7-9,20,24H,10-11H2,1-6H3/t20-/m0/s1. The van der Waals surface area contributed by atoms with E-state index in [4.69, 9.17) is 14.2 Å². The average Bonchev–Trinajstić information content (AvgIpc) is 2.65. The number of dihydropyridines is 1. The number of rotatable bonds is 4. The first-order valence-electron chi connectivity index (χ1n) is 9.76. The van der Waals surface area contributed by atoms with Crippen LogP contribution in [0.5, 0.6) is 11.5 Å². The van der Waals surface area contributed by atoms with Crippen LogP contribution in [0.4, 0.5) is 0 Å². The number of esters is 2. The van der Waals surface area contributed by atoms with Gasteiger partial charge < -0.3 is 19.5 Å². The summed E-state index contributed by atoms with van der Waals surface area (Å²) in [6.07, 6.45) is 1.08. The molecule has 0 bridgehead atoms. The number of carbonyl (C=O) groups excluding carboxylic acids is 3. The molecule has 30 heavy (non-hydrogen) atoms. The van der Waals surface area contributed by atoms with Crippen LogP contribution in [-0.2, 0) is 19.1 Å². The molecule has 0 radical (unpaired) electrons. The molecule has 0 unspecified atom stereocenters. The Kier molecular flexibility index (Phi) is 5.74. The van der Waals surface area contributed by atoms with E-state index in [0.29, 0.717) is 41.0 Å². The van der Waals surface area contributed by atoms with Gasteiger partial charge in [-0.3, -0.25) is 9.59 Å². The van der Waals surface area contributed by atoms with Crippen LogP contribution < -0.4 is 14.8 Å². The second-order valence-corrected chi connectivity index (χ2v) is 8.43. The summed E-state index contributed by atoms with van der Waals surface area (Å²) in [6, 6.07) is 5.05. The summed E-state index contributed by atoms with van der Waals surface area (Å²) >= 11 is 0. The van der Waals surface area contributed by atoms with Crippen molar-refractivity contribution in [2.75, 3.05) is 14.2 Å². The third kappa shape index (κ3) is 3.97. The second-order valence-electron chi connectivity index (χ2n) is 8.43. The van der Waals surface area contributed by atoms with E-state index in [0.717, 1.165) is 5.70 Å². The fourth-order valence-corrected chi connectivity index (χ4v) is 4.25. The third-order valence-electron chi connectivity index (χ3n) is 5.42. The highest BCUT2D eigenvalue weighted by molar-refractivity contribution is 6.04. The predicted octanol–water partition coefficient (Wildman–Crippen LogP) is 3.40. The van der Waals surface area contributed by atoms with E-state index in [1.165, 1.54) is 21.1 Å². The summed E-state index contributed by atoms with van der Waals surface area (Å²) in [7, 11) is 2.79. The Morgan fingerprint density at radius 1 is 1.13 bits per heavy atom. The van der Waals surface area contributed by atoms with Crippen LogP contribution in [0.15, 0.2) is 40.7 Å². The van der Waals surface area contributed by atoms with E-state index < -0.39 is 17.9 Å². The van der Waals surface area contributed by atoms with Crippen molar-refractivity contribution >= 4 is 17.7 Å². The monoisotopic (exact) mass is 413 g/mol. The number of methoxy groups -OCH3 is 2. The van der Waals surface area contributed by atoms with Crippen molar-refractivity contribution in [3.05, 3.63) is 46.3 Å². The lowest BCUT2D eigenvalue weighted by atomic mass is 9.68. The summed E-state index contributed by atoms with van der Waals surface area (Å²) in [5.41, 5.74) is 2.94. The number of benzene rings is 1. The normalized spacial score (nSPS) is 20.3. The molecule has 1 aliphatic heterocycles. The number of nitrogens with one attached hydrogen (secondary N) is 1. The number of allylic oxidation sites excluding steroid dienone is 3. The van der Waals surface area contributed by atoms with Gasteiger partial charge in [-0.2, -0.15) is 0 Å². The molecule has 2 aliphatic rings. The second kappa shape index (κ2) is 7.97. The lowest BCUT2D eigenvalue weighted by Gasteiger charge is -2.39. The van der Waals surface area contributed by atoms with E-state index in [-0.39, 0.29) is 16.9 Å². The Hall–Kier alpha value is -3.09. The number of hydrogen-bond donors (Lipinski definition) is 1. The summed E-state index contributed by atoms with van der Waals surface area (Å²) in [5.74, 6) is -0.962. The molecule has 3 rings (SSSR count). The largest absolute Gasteiger partial charge is 0.493 e. The van der Waals surface area contributed by atoms with Gasteiger partial charge in [-0.05, 0) is 36.5 Å². The molecule has 1 aliphatic carbocycles. The molecule has 0 spiro atoms. The zero-order valence-corrected chi connectivity index (χ0v) is 18.2. The van der Waals surface area contributed by atoms with Gasteiger partial charge in [0.25, 0.3) is 0 Å². The van der Waals surface area contributed by atoms with Crippen molar-refractivity contribution < 1.29 is 28.6 Å². The molecule has 0 saturated carbocycles. The van der Waals surface area contributed by atoms with Gasteiger partial charge in [-0.25, -0.2) is 4.79 Å². The number of Topliss-reactive ketones (excluding diaryl/α,β-unsaturated/α-hetero) is 1. The fraction of sp³-hybridized carbons (Fsp3) is 0.435. The molecular formula is C23H27NO6. The molecule has 1 atom stereocenters. The summed E-state index contributed by atoms with van der Waals surface area (Å²) in [6.45, 7) is 7.22. The molecule has 1 aromatic carbocycles. The number of hydrogen-bond acceptors (Lipinski definition) is 7. The zero-order valence-electron chi connectivity index (χ0n) is 18.2. The predicted molar refractivity (Wildman–Crippen MR) is 110 cm³/mol. The van der Waals surface area contributed by atoms with E-state index in [9.17, 15) is 14.4 Å². The van der Waals surface area contributed by atoms with Gasteiger partial charge in [0.05, 0.1) is 19.8 Å². The Morgan fingerprint density at radius 3 is 2.43 bits per heavy atom. The van der Waals surface area contributed by atoms with E-state index in [2.05, 4.69) is 19.2 Å². The van der Waals surface area contributed by atoms with Gasteiger partial charge in [0.1, 0.15) is 0 Å². The Balaban J connectivity index is 2.19. The lowest BCUT2D eigenvalue weighted by Crippen LogP contribution is -2.38. The van der Waals surface area contributed by atoms with Crippen LogP contribution in [0, 0.1) is 5.41 Å². The van der Waals surface area contributed by atoms with Crippen LogP contribution in [-0.4, -0.2) is 31.9 Å². The van der Waals surface area contributed by atoms with Crippen LogP contribution in [0.1, 0.15) is 52.0 Å². The minimum Gasteiger partial charge on any atom is -0.493 e. The molecule has 7 heteroatoms. The van der Waals surface area contributed by atoms with Gasteiger partial charge in [-0.15, -0.1) is 0 Å². The molecular weight excluding hydrogens is 386 g/mol. The quantitative estimate of drug-likeness (QED) is 0.597. The van der Waals surface area contributed by atoms with Gasteiger partial charge in [0, 0.05) is 36.2 Å². The molecule has 7 nitrogen and oxygen atoms in total. The minimum atomic E-state index is -0.599. The first-order valence-corrected chi connectivity index (χ1v) is 9.76. The summed E-state index contributed by atoms with van der Waals surface area (Å²) < 4.78 is 15.6. The molecule has 1 aromatic rings. The lowest BCUT2D eigenvalue weighted by molar-refractivity contribution is -0.136. The number of ether oxygens (including phenoxy) is 3. The SMILES string of the molecule is COC(=O)C1=C(C)NC2=C(C(=O)CC(C)(C)C2)[C@H]1c1ccc(OC(C)=O)c(OC)c1. The Bertz CT molecular complexity index is 985. The first-order chi connectivity index (χ1) is 14.1. The highest BCUT2D eigenvalue weighted by Crippen LogP contribution is 2.47. The maximum absolute atomic E-state index is 13.2. The zero-order chi connectivity index (χ0) is 22.2. The Labute approximate surface area is 176 Å². The van der Waals surface area contributed by atoms with E-state index in [1.54, 1.807) is 25.1 Å². The molecule has 0 aromatic heterocycles. The third-order valence-corrected chi connectivity index (χ3v) is 5.42. The van der Waals surface area contributed by atoms with Gasteiger partial charge in [0.15, 0.2) is 17.3 Å². The minimum absolute atomic E-state index is 0.00400. The van der Waals surface area contributed by atoms with E-state index in [1.807, 2.05) is 0 Å². The van der Waals surface area contributed by atoms with E-state index >= 15 is 0 Å². The van der Waals surface area contributed by atoms with Crippen molar-refractivity contribution in [1.82, 2.24) is 5.32 Å². The fourth-order valence-electron chi connectivity index (χ4n) is 4.25. The number of ketones is 1. The highest BCUT2D eigenvalue weighted by Gasteiger charge is 2.43.